The smallest absolute Gasteiger partial charge is 0.224 e. The first-order valence-corrected chi connectivity index (χ1v) is 10.2. The molecule has 1 heterocycles. The molecule has 0 bridgehead atoms. The van der Waals surface area contributed by atoms with Crippen molar-refractivity contribution in [1.29, 1.82) is 0 Å². The molecular weight excluding hydrogens is 368 g/mol. The number of thioether (sulfide) groups is 1. The van der Waals surface area contributed by atoms with Gasteiger partial charge in [0, 0.05) is 29.0 Å². The van der Waals surface area contributed by atoms with E-state index in [1.165, 1.54) is 4.90 Å². The number of hydrogen-bond acceptors (Lipinski definition) is 4. The molecule has 0 aliphatic rings. The van der Waals surface area contributed by atoms with Crippen molar-refractivity contribution in [3.63, 3.8) is 0 Å². The Morgan fingerprint density at radius 1 is 1.04 bits per heavy atom. The van der Waals surface area contributed by atoms with Gasteiger partial charge in [-0.25, -0.2) is 4.98 Å². The highest BCUT2D eigenvalue weighted by Crippen LogP contribution is 2.23. The van der Waals surface area contributed by atoms with Crippen LogP contribution in [0, 0.1) is 0 Å². The van der Waals surface area contributed by atoms with Gasteiger partial charge in [-0.2, -0.15) is 0 Å². The lowest BCUT2D eigenvalue weighted by Crippen LogP contribution is -2.24. The summed E-state index contributed by atoms with van der Waals surface area (Å²) >= 11 is 1.82. The van der Waals surface area contributed by atoms with Gasteiger partial charge in [0.05, 0.1) is 6.42 Å². The van der Waals surface area contributed by atoms with E-state index in [0.29, 0.717) is 29.8 Å². The Bertz CT molecular complexity index is 896. The molecule has 0 saturated heterocycles. The topological polar surface area (TPSA) is 51.2 Å². The quantitative estimate of drug-likeness (QED) is 0.533. The van der Waals surface area contributed by atoms with Gasteiger partial charge in [-0.1, -0.05) is 44.2 Å². The van der Waals surface area contributed by atoms with Gasteiger partial charge < -0.3 is 10.1 Å². The molecule has 0 atom stereocenters. The molecule has 28 heavy (non-hydrogen) atoms. The number of carbonyl (C=O) groups is 1. The zero-order valence-electron chi connectivity index (χ0n) is 16.1. The molecule has 3 aromatic rings. The van der Waals surface area contributed by atoms with Crippen molar-refractivity contribution >= 4 is 17.7 Å². The van der Waals surface area contributed by atoms with Crippen molar-refractivity contribution in [3.05, 3.63) is 84.1 Å². The standard InChI is InChI=1S/C23H24N2O2S/c1-17(2)28-21-11-9-18(10-12-21)15-22(26)25-16-19-6-5-7-20(14-19)27-23-8-3-4-13-24-23/h3-14,17H,15-16H2,1-2H3,(H,25,26). The average molecular weight is 393 g/mol. The van der Waals surface area contributed by atoms with E-state index in [9.17, 15) is 4.79 Å². The second-order valence-electron chi connectivity index (χ2n) is 6.68. The summed E-state index contributed by atoms with van der Waals surface area (Å²) in [6.07, 6.45) is 2.06. The molecule has 0 aliphatic carbocycles. The van der Waals surface area contributed by atoms with Gasteiger partial charge in [0.25, 0.3) is 0 Å². The third-order valence-electron chi connectivity index (χ3n) is 3.91. The number of rotatable bonds is 8. The van der Waals surface area contributed by atoms with Gasteiger partial charge in [-0.15, -0.1) is 11.8 Å². The van der Waals surface area contributed by atoms with Crippen molar-refractivity contribution < 1.29 is 9.53 Å². The number of benzene rings is 2. The Kier molecular flexibility index (Phi) is 7.09. The zero-order chi connectivity index (χ0) is 19.8. The number of ether oxygens (including phenoxy) is 1. The molecule has 1 amide bonds. The second-order valence-corrected chi connectivity index (χ2v) is 8.33. The van der Waals surface area contributed by atoms with E-state index in [4.69, 9.17) is 4.74 Å². The zero-order valence-corrected chi connectivity index (χ0v) is 16.9. The van der Waals surface area contributed by atoms with E-state index < -0.39 is 0 Å². The molecule has 3 rings (SSSR count). The SMILES string of the molecule is CC(C)Sc1ccc(CC(=O)NCc2cccc(Oc3ccccn3)c2)cc1. The van der Waals surface area contributed by atoms with Crippen LogP contribution in [-0.2, 0) is 17.8 Å². The molecule has 0 radical (unpaired) electrons. The summed E-state index contributed by atoms with van der Waals surface area (Å²) in [5.41, 5.74) is 1.99. The predicted octanol–water partition coefficient (Wildman–Crippen LogP) is 5.23. The summed E-state index contributed by atoms with van der Waals surface area (Å²) in [6, 6.07) is 21.4. The highest BCUT2D eigenvalue weighted by Gasteiger charge is 2.06. The lowest BCUT2D eigenvalue weighted by Gasteiger charge is -2.09. The van der Waals surface area contributed by atoms with Crippen molar-refractivity contribution in [3.8, 4) is 11.6 Å². The Morgan fingerprint density at radius 2 is 1.86 bits per heavy atom. The van der Waals surface area contributed by atoms with Crippen LogP contribution in [0.3, 0.4) is 0 Å². The molecular formula is C23H24N2O2S. The minimum Gasteiger partial charge on any atom is -0.439 e. The number of nitrogens with zero attached hydrogens (tertiary/aromatic N) is 1. The van der Waals surface area contributed by atoms with Gasteiger partial charge in [-0.05, 0) is 41.5 Å². The van der Waals surface area contributed by atoms with Crippen molar-refractivity contribution in [2.45, 2.75) is 37.0 Å². The summed E-state index contributed by atoms with van der Waals surface area (Å²) in [4.78, 5) is 17.6. The Balaban J connectivity index is 1.51. The molecule has 0 aliphatic heterocycles. The first-order valence-electron chi connectivity index (χ1n) is 9.28. The van der Waals surface area contributed by atoms with Gasteiger partial charge in [-0.3, -0.25) is 4.79 Å². The number of hydrogen-bond donors (Lipinski definition) is 1. The van der Waals surface area contributed by atoms with Crippen LogP contribution in [0.25, 0.3) is 0 Å². The number of pyridine rings is 1. The number of amides is 1. The number of aromatic nitrogens is 1. The minimum atomic E-state index is 0.000287. The summed E-state index contributed by atoms with van der Waals surface area (Å²) in [6.45, 7) is 4.80. The summed E-state index contributed by atoms with van der Waals surface area (Å²) < 4.78 is 5.73. The maximum absolute atomic E-state index is 12.3. The van der Waals surface area contributed by atoms with Crippen LogP contribution in [0.1, 0.15) is 25.0 Å². The summed E-state index contributed by atoms with van der Waals surface area (Å²) in [5, 5.41) is 3.52. The van der Waals surface area contributed by atoms with E-state index in [2.05, 4.69) is 36.3 Å². The van der Waals surface area contributed by atoms with Crippen molar-refractivity contribution in [1.82, 2.24) is 10.3 Å². The largest absolute Gasteiger partial charge is 0.439 e. The van der Waals surface area contributed by atoms with E-state index >= 15 is 0 Å². The third-order valence-corrected chi connectivity index (χ3v) is 4.92. The van der Waals surface area contributed by atoms with Gasteiger partial charge in [0.1, 0.15) is 5.75 Å². The van der Waals surface area contributed by atoms with Gasteiger partial charge >= 0.3 is 0 Å². The average Bonchev–Trinajstić information content (AvgIpc) is 2.69. The molecule has 0 fully saturated rings. The third kappa shape index (κ3) is 6.43. The van der Waals surface area contributed by atoms with Crippen LogP contribution in [0.5, 0.6) is 11.6 Å². The Labute approximate surface area is 170 Å². The maximum Gasteiger partial charge on any atom is 0.224 e. The van der Waals surface area contributed by atoms with E-state index in [1.807, 2.05) is 60.3 Å². The van der Waals surface area contributed by atoms with Crippen LogP contribution in [0.2, 0.25) is 0 Å². The molecule has 0 saturated carbocycles. The molecule has 144 valence electrons. The summed E-state index contributed by atoms with van der Waals surface area (Å²) in [5.74, 6) is 1.24. The fourth-order valence-corrected chi connectivity index (χ4v) is 3.49. The number of carbonyl (C=O) groups excluding carboxylic acids is 1. The van der Waals surface area contributed by atoms with Crippen molar-refractivity contribution in [2.75, 3.05) is 0 Å². The Morgan fingerprint density at radius 3 is 2.57 bits per heavy atom. The van der Waals surface area contributed by atoms with Crippen molar-refractivity contribution in [2.24, 2.45) is 0 Å². The van der Waals surface area contributed by atoms with E-state index in [1.54, 1.807) is 12.3 Å². The molecule has 1 aromatic heterocycles. The first kappa shape index (κ1) is 20.0. The van der Waals surface area contributed by atoms with E-state index in [0.717, 1.165) is 11.1 Å². The Hall–Kier alpha value is -2.79. The molecule has 0 unspecified atom stereocenters. The van der Waals surface area contributed by atoms with Gasteiger partial charge in [0.2, 0.25) is 11.8 Å². The second kappa shape index (κ2) is 9.95. The molecule has 2 aromatic carbocycles. The molecule has 0 spiro atoms. The molecule has 5 heteroatoms. The normalized spacial score (nSPS) is 10.7. The van der Waals surface area contributed by atoms with E-state index in [-0.39, 0.29) is 5.91 Å². The lowest BCUT2D eigenvalue weighted by molar-refractivity contribution is -0.120. The van der Waals surface area contributed by atoms with Crippen LogP contribution in [0.4, 0.5) is 0 Å². The minimum absolute atomic E-state index is 0.000287. The first-order chi connectivity index (χ1) is 13.6. The predicted molar refractivity (Wildman–Crippen MR) is 114 cm³/mol. The van der Waals surface area contributed by atoms with Gasteiger partial charge in [0.15, 0.2) is 0 Å². The number of nitrogens with one attached hydrogen (secondary N) is 1. The molecule has 1 N–H and O–H groups in total. The summed E-state index contributed by atoms with van der Waals surface area (Å²) in [7, 11) is 0. The van der Waals surface area contributed by atoms with Crippen LogP contribution >= 0.6 is 11.8 Å². The highest BCUT2D eigenvalue weighted by molar-refractivity contribution is 7.99. The fourth-order valence-electron chi connectivity index (χ4n) is 2.65. The van der Waals surface area contributed by atoms with Crippen LogP contribution < -0.4 is 10.1 Å². The maximum atomic E-state index is 12.3. The lowest BCUT2D eigenvalue weighted by atomic mass is 10.1. The molecule has 4 nitrogen and oxygen atoms in total. The highest BCUT2D eigenvalue weighted by atomic mass is 32.2. The van der Waals surface area contributed by atoms with Crippen LogP contribution in [0.15, 0.2) is 77.8 Å². The fraction of sp³-hybridized carbons (Fsp3) is 0.217. The van der Waals surface area contributed by atoms with Crippen LogP contribution in [-0.4, -0.2) is 16.1 Å². The monoisotopic (exact) mass is 392 g/mol.